The third-order valence-electron chi connectivity index (χ3n) is 10.5. The molecule has 2 aliphatic rings. The number of hydrogen-bond donors (Lipinski definition) is 4. The average Bonchev–Trinajstić information content (AvgIpc) is 3.57. The van der Waals surface area contributed by atoms with Crippen LogP contribution < -0.4 is 10.6 Å². The summed E-state index contributed by atoms with van der Waals surface area (Å²) in [5, 5.41) is 23.8. The predicted molar refractivity (Wildman–Crippen MR) is 215 cm³/mol. The number of amides is 3. The molecule has 3 aromatic rings. The highest BCUT2D eigenvalue weighted by Crippen LogP contribution is 2.48. The van der Waals surface area contributed by atoms with E-state index < -0.39 is 23.2 Å². The van der Waals surface area contributed by atoms with Crippen LogP contribution in [-0.2, 0) is 33.8 Å². The van der Waals surface area contributed by atoms with Crippen molar-refractivity contribution in [2.24, 2.45) is 5.92 Å². The van der Waals surface area contributed by atoms with E-state index in [9.17, 15) is 24.0 Å². The molecule has 5 rings (SSSR count). The number of carbonyl (C=O) groups excluding carboxylic acids is 3. The minimum absolute atomic E-state index is 0.0445. The summed E-state index contributed by atoms with van der Waals surface area (Å²) in [6, 6.07) is 14.2. The molecule has 1 aromatic carbocycles. The molecule has 0 fully saturated rings. The van der Waals surface area contributed by atoms with Crippen molar-refractivity contribution in [2.75, 3.05) is 25.5 Å². The number of likely N-dealkylation sites (N-methyl/N-ethyl adjacent to an activating group) is 1. The van der Waals surface area contributed by atoms with Crippen LogP contribution in [0.3, 0.4) is 0 Å². The maximum atomic E-state index is 13.9. The number of aryl methyl sites for hydroxylation is 2. The fraction of sp³-hybridized carbons (Fsp3) is 0.452. The third kappa shape index (κ3) is 11.5. The summed E-state index contributed by atoms with van der Waals surface area (Å²) in [5.41, 5.74) is 4.92. The second-order valence-corrected chi connectivity index (χ2v) is 15.6. The van der Waals surface area contributed by atoms with Gasteiger partial charge in [-0.15, -0.1) is 11.8 Å². The van der Waals surface area contributed by atoms with Gasteiger partial charge >= 0.3 is 11.9 Å². The topological polar surface area (TPSA) is 182 Å². The van der Waals surface area contributed by atoms with Gasteiger partial charge in [-0.1, -0.05) is 26.0 Å². The highest BCUT2D eigenvalue weighted by Gasteiger charge is 2.42. The smallest absolute Gasteiger partial charge is 0.335 e. The summed E-state index contributed by atoms with van der Waals surface area (Å²) < 4.78 is 0. The lowest BCUT2D eigenvalue weighted by molar-refractivity contribution is -0.140. The van der Waals surface area contributed by atoms with Crippen LogP contribution >= 0.6 is 11.8 Å². The number of hydrogen-bond acceptors (Lipinski definition) is 9. The number of aromatic nitrogens is 2. The van der Waals surface area contributed by atoms with E-state index in [-0.39, 0.29) is 42.2 Å². The van der Waals surface area contributed by atoms with Gasteiger partial charge in [0.1, 0.15) is 0 Å². The molecule has 3 amide bonds. The van der Waals surface area contributed by atoms with Gasteiger partial charge in [-0.3, -0.25) is 34.0 Å². The van der Waals surface area contributed by atoms with Crippen LogP contribution in [0.1, 0.15) is 103 Å². The van der Waals surface area contributed by atoms with Crippen molar-refractivity contribution in [2.45, 2.75) is 96.0 Å². The molecule has 3 heterocycles. The highest BCUT2D eigenvalue weighted by molar-refractivity contribution is 8.04. The first-order valence-electron chi connectivity index (χ1n) is 19.4. The molecule has 2 atom stereocenters. The van der Waals surface area contributed by atoms with E-state index in [2.05, 4.69) is 39.3 Å². The molecule has 0 saturated carbocycles. The SMILES string of the molecule is CCC(CC)N(CCN(C)C(=O)CCC(=O)O)Cc1cc(C(=O)NC2SC3=C(CCCC3)C2C(=O)Nc2ccc(CCc3ccc(C(=O)O)cc3)nc2)ccn1. The van der Waals surface area contributed by atoms with Gasteiger partial charge in [-0.05, 0) is 104 Å². The Kier molecular flexibility index (Phi) is 15.2. The van der Waals surface area contributed by atoms with E-state index in [0.717, 1.165) is 55.4 Å². The molecule has 0 saturated heterocycles. The first-order valence-corrected chi connectivity index (χ1v) is 20.3. The van der Waals surface area contributed by atoms with Crippen LogP contribution in [-0.4, -0.2) is 91.2 Å². The molecule has 0 radical (unpaired) electrons. The number of carbonyl (C=O) groups is 5. The number of carboxylic acid groups (broad SMARTS) is 2. The standard InChI is InChI=1S/C42H52N6O7S/c1-4-33(5-2)48(23-22-47(3)36(49)18-19-37(50)51)26-32-24-29(20-21-43-32)39(52)46-41-38(34-8-6-7-9-35(34)56-41)40(53)45-31-17-16-30(44-25-31)15-12-27-10-13-28(14-11-27)42(54)55/h10-11,13-14,16-17,20-21,24-25,33,38,41H,4-9,12,15,18-19,22-23,26H2,1-3H3,(H,45,53)(H,46,52)(H,50,51)(H,54,55). The zero-order chi connectivity index (χ0) is 40.2. The molecular weight excluding hydrogens is 733 g/mol. The minimum Gasteiger partial charge on any atom is -0.481 e. The van der Waals surface area contributed by atoms with Gasteiger partial charge in [0.05, 0.1) is 40.9 Å². The third-order valence-corrected chi connectivity index (χ3v) is 11.9. The molecular formula is C42H52N6O7S. The van der Waals surface area contributed by atoms with Crippen LogP contribution in [0.5, 0.6) is 0 Å². The Morgan fingerprint density at radius 1 is 0.875 bits per heavy atom. The molecule has 14 heteroatoms. The largest absolute Gasteiger partial charge is 0.481 e. The van der Waals surface area contributed by atoms with E-state index in [1.165, 1.54) is 4.91 Å². The van der Waals surface area contributed by atoms with Crippen LogP contribution in [0.15, 0.2) is 71.4 Å². The molecule has 298 valence electrons. The zero-order valence-corrected chi connectivity index (χ0v) is 33.1. The number of aromatic carboxylic acids is 1. The van der Waals surface area contributed by atoms with Crippen molar-refractivity contribution in [3.05, 3.63) is 99.5 Å². The van der Waals surface area contributed by atoms with Crippen LogP contribution in [0.2, 0.25) is 0 Å². The Morgan fingerprint density at radius 2 is 1.62 bits per heavy atom. The Bertz CT molecular complexity index is 1900. The number of benzene rings is 1. The summed E-state index contributed by atoms with van der Waals surface area (Å²) in [5.74, 6) is -3.18. The van der Waals surface area contributed by atoms with E-state index in [1.54, 1.807) is 72.5 Å². The number of aliphatic carboxylic acids is 1. The first-order chi connectivity index (χ1) is 26.9. The summed E-state index contributed by atoms with van der Waals surface area (Å²) in [4.78, 5) is 76.4. The lowest BCUT2D eigenvalue weighted by atomic mass is 9.88. The second kappa shape index (κ2) is 20.2. The maximum absolute atomic E-state index is 13.9. The molecule has 0 spiro atoms. The number of nitrogens with one attached hydrogen (secondary N) is 2. The number of carboxylic acids is 2. The second-order valence-electron chi connectivity index (χ2n) is 14.4. The number of nitrogens with zero attached hydrogens (tertiary/aromatic N) is 4. The number of allylic oxidation sites excluding steroid dienone is 1. The molecule has 2 aromatic heterocycles. The number of rotatable bonds is 19. The van der Waals surface area contributed by atoms with Crippen LogP contribution in [0.25, 0.3) is 0 Å². The van der Waals surface area contributed by atoms with E-state index in [1.807, 2.05) is 12.1 Å². The summed E-state index contributed by atoms with van der Waals surface area (Å²) in [6.45, 7) is 5.69. The highest BCUT2D eigenvalue weighted by atomic mass is 32.2. The van der Waals surface area contributed by atoms with Crippen LogP contribution in [0.4, 0.5) is 5.69 Å². The Balaban J connectivity index is 1.21. The number of thioether (sulfide) groups is 1. The maximum Gasteiger partial charge on any atom is 0.335 e. The zero-order valence-electron chi connectivity index (χ0n) is 32.3. The molecule has 13 nitrogen and oxygen atoms in total. The van der Waals surface area contributed by atoms with Crippen LogP contribution in [0, 0.1) is 5.92 Å². The lowest BCUT2D eigenvalue weighted by Crippen LogP contribution is -2.42. The average molecular weight is 785 g/mol. The van der Waals surface area contributed by atoms with E-state index in [4.69, 9.17) is 10.2 Å². The fourth-order valence-electron chi connectivity index (χ4n) is 7.26. The Morgan fingerprint density at radius 3 is 2.30 bits per heavy atom. The summed E-state index contributed by atoms with van der Waals surface area (Å²) >= 11 is 1.57. The molecule has 56 heavy (non-hydrogen) atoms. The van der Waals surface area contributed by atoms with Gasteiger partial charge < -0.3 is 25.7 Å². The van der Waals surface area contributed by atoms with Gasteiger partial charge in [-0.25, -0.2) is 4.79 Å². The van der Waals surface area contributed by atoms with E-state index >= 15 is 0 Å². The number of pyridine rings is 2. The fourth-order valence-corrected chi connectivity index (χ4v) is 8.80. The first kappa shape index (κ1) is 42.1. The molecule has 4 N–H and O–H groups in total. The molecule has 0 bridgehead atoms. The molecule has 1 aliphatic heterocycles. The number of anilines is 1. The molecule has 2 unspecified atom stereocenters. The van der Waals surface area contributed by atoms with Crippen molar-refractivity contribution in [3.63, 3.8) is 0 Å². The Labute approximate surface area is 332 Å². The van der Waals surface area contributed by atoms with Gasteiger partial charge in [-0.2, -0.15) is 0 Å². The van der Waals surface area contributed by atoms with E-state index in [0.29, 0.717) is 49.4 Å². The normalized spacial score (nSPS) is 16.4. The quantitative estimate of drug-likeness (QED) is 0.109. The van der Waals surface area contributed by atoms with Gasteiger partial charge in [0.2, 0.25) is 11.8 Å². The van der Waals surface area contributed by atoms with Gasteiger partial charge in [0.15, 0.2) is 0 Å². The van der Waals surface area contributed by atoms with Gasteiger partial charge in [0, 0.05) is 56.6 Å². The van der Waals surface area contributed by atoms with Crippen molar-refractivity contribution >= 4 is 47.1 Å². The van der Waals surface area contributed by atoms with Gasteiger partial charge in [0.25, 0.3) is 5.91 Å². The Hall–Kier alpha value is -5.08. The van der Waals surface area contributed by atoms with Crippen molar-refractivity contribution in [1.82, 2.24) is 25.1 Å². The van der Waals surface area contributed by atoms with Crippen molar-refractivity contribution in [3.8, 4) is 0 Å². The summed E-state index contributed by atoms with van der Waals surface area (Å²) in [6.07, 6.45) is 9.88. The monoisotopic (exact) mass is 784 g/mol. The minimum atomic E-state index is -1.00. The van der Waals surface area contributed by atoms with Crippen molar-refractivity contribution in [1.29, 1.82) is 0 Å². The van der Waals surface area contributed by atoms with Crippen molar-refractivity contribution < 1.29 is 34.2 Å². The lowest BCUT2D eigenvalue weighted by Gasteiger charge is -2.32. The predicted octanol–water partition coefficient (Wildman–Crippen LogP) is 6.16. The molecule has 1 aliphatic carbocycles. The summed E-state index contributed by atoms with van der Waals surface area (Å²) in [7, 11) is 1.68.